The Bertz CT molecular complexity index is 438. The molecule has 1 N–H and O–H groups in total. The van der Waals surface area contributed by atoms with Gasteiger partial charge in [-0.1, -0.05) is 18.5 Å². The van der Waals surface area contributed by atoms with E-state index in [4.69, 9.17) is 16.3 Å². The molecule has 0 saturated carbocycles. The standard InChI is InChI=1S/C16H24BrClN2O/c1-2-9-20(14-5-7-19-8-6-14)10-11-21-16-4-3-13(18)12-15(16)17/h3-4,12,14,19H,2,5-11H2,1H3. The van der Waals surface area contributed by atoms with Crippen molar-refractivity contribution in [2.24, 2.45) is 0 Å². The van der Waals surface area contributed by atoms with Crippen LogP contribution in [0, 0.1) is 0 Å². The fraction of sp³-hybridized carbons (Fsp3) is 0.625. The van der Waals surface area contributed by atoms with Crippen LogP contribution in [0.25, 0.3) is 0 Å². The molecular weight excluding hydrogens is 352 g/mol. The minimum atomic E-state index is 0.698. The van der Waals surface area contributed by atoms with E-state index in [0.717, 1.165) is 41.4 Å². The molecule has 1 saturated heterocycles. The third kappa shape index (κ3) is 5.44. The SMILES string of the molecule is CCCN(CCOc1ccc(Cl)cc1Br)C1CCNCC1. The number of hydrogen-bond donors (Lipinski definition) is 1. The quantitative estimate of drug-likeness (QED) is 0.781. The first-order chi connectivity index (χ1) is 10.2. The molecule has 5 heteroatoms. The van der Waals surface area contributed by atoms with Gasteiger partial charge in [0, 0.05) is 17.6 Å². The zero-order valence-corrected chi connectivity index (χ0v) is 14.9. The van der Waals surface area contributed by atoms with Crippen LogP contribution in [-0.2, 0) is 0 Å². The molecule has 3 nitrogen and oxygen atoms in total. The van der Waals surface area contributed by atoms with E-state index in [9.17, 15) is 0 Å². The molecule has 0 bridgehead atoms. The van der Waals surface area contributed by atoms with Gasteiger partial charge in [0.15, 0.2) is 0 Å². The summed E-state index contributed by atoms with van der Waals surface area (Å²) < 4.78 is 6.81. The lowest BCUT2D eigenvalue weighted by Gasteiger charge is -2.34. The topological polar surface area (TPSA) is 24.5 Å². The van der Waals surface area contributed by atoms with Gasteiger partial charge in [0.2, 0.25) is 0 Å². The van der Waals surface area contributed by atoms with Crippen molar-refractivity contribution in [1.82, 2.24) is 10.2 Å². The number of nitrogens with zero attached hydrogens (tertiary/aromatic N) is 1. The van der Waals surface area contributed by atoms with E-state index in [-0.39, 0.29) is 0 Å². The molecule has 0 unspecified atom stereocenters. The predicted octanol–water partition coefficient (Wildman–Crippen LogP) is 3.95. The summed E-state index contributed by atoms with van der Waals surface area (Å²) in [6.45, 7) is 7.35. The van der Waals surface area contributed by atoms with E-state index in [2.05, 4.69) is 33.1 Å². The molecular formula is C16H24BrClN2O. The minimum absolute atomic E-state index is 0.698. The Morgan fingerprint density at radius 3 is 2.76 bits per heavy atom. The first kappa shape index (κ1) is 17.1. The Labute approximate surface area is 141 Å². The van der Waals surface area contributed by atoms with Crippen molar-refractivity contribution in [2.45, 2.75) is 32.2 Å². The Balaban J connectivity index is 1.83. The average Bonchev–Trinajstić information content (AvgIpc) is 2.49. The van der Waals surface area contributed by atoms with E-state index in [1.54, 1.807) is 0 Å². The molecule has 1 aromatic rings. The summed E-state index contributed by atoms with van der Waals surface area (Å²) in [6.07, 6.45) is 3.67. The lowest BCUT2D eigenvalue weighted by atomic mass is 10.0. The van der Waals surface area contributed by atoms with Crippen LogP contribution in [0.2, 0.25) is 5.02 Å². The molecule has 1 aromatic carbocycles. The number of ether oxygens (including phenoxy) is 1. The maximum absolute atomic E-state index is 5.94. The summed E-state index contributed by atoms with van der Waals surface area (Å²) in [5.41, 5.74) is 0. The summed E-state index contributed by atoms with van der Waals surface area (Å²) in [5, 5.41) is 4.15. The lowest BCUT2D eigenvalue weighted by molar-refractivity contribution is 0.135. The van der Waals surface area contributed by atoms with Crippen molar-refractivity contribution >= 4 is 27.5 Å². The van der Waals surface area contributed by atoms with Crippen LogP contribution in [0.3, 0.4) is 0 Å². The van der Waals surface area contributed by atoms with E-state index >= 15 is 0 Å². The molecule has 1 aliphatic heterocycles. The van der Waals surface area contributed by atoms with Crippen LogP contribution < -0.4 is 10.1 Å². The van der Waals surface area contributed by atoms with Gasteiger partial charge in [-0.3, -0.25) is 4.90 Å². The van der Waals surface area contributed by atoms with Crippen molar-refractivity contribution in [3.63, 3.8) is 0 Å². The average molecular weight is 376 g/mol. The van der Waals surface area contributed by atoms with Crippen molar-refractivity contribution in [3.8, 4) is 5.75 Å². The summed E-state index contributed by atoms with van der Waals surface area (Å²) in [6, 6.07) is 6.34. The van der Waals surface area contributed by atoms with E-state index in [1.165, 1.54) is 19.3 Å². The number of benzene rings is 1. The maximum Gasteiger partial charge on any atom is 0.133 e. The van der Waals surface area contributed by atoms with Crippen LogP contribution in [0.4, 0.5) is 0 Å². The van der Waals surface area contributed by atoms with Crippen LogP contribution in [-0.4, -0.2) is 43.7 Å². The van der Waals surface area contributed by atoms with Crippen LogP contribution in [0.1, 0.15) is 26.2 Å². The van der Waals surface area contributed by atoms with E-state index in [0.29, 0.717) is 12.6 Å². The Morgan fingerprint density at radius 1 is 1.33 bits per heavy atom. The highest BCUT2D eigenvalue weighted by Gasteiger charge is 2.20. The van der Waals surface area contributed by atoms with Gasteiger partial charge < -0.3 is 10.1 Å². The number of rotatable bonds is 7. The van der Waals surface area contributed by atoms with Crippen LogP contribution >= 0.6 is 27.5 Å². The molecule has 1 aliphatic rings. The molecule has 2 rings (SSSR count). The molecule has 0 aromatic heterocycles. The molecule has 118 valence electrons. The molecule has 0 spiro atoms. The van der Waals surface area contributed by atoms with Gasteiger partial charge >= 0.3 is 0 Å². The minimum Gasteiger partial charge on any atom is -0.491 e. The zero-order chi connectivity index (χ0) is 15.1. The number of halogens is 2. The monoisotopic (exact) mass is 374 g/mol. The second kappa shape index (κ2) is 8.99. The molecule has 1 fully saturated rings. The first-order valence-corrected chi connectivity index (χ1v) is 8.90. The van der Waals surface area contributed by atoms with Gasteiger partial charge in [0.25, 0.3) is 0 Å². The van der Waals surface area contributed by atoms with Gasteiger partial charge in [0.05, 0.1) is 4.47 Å². The highest BCUT2D eigenvalue weighted by atomic mass is 79.9. The highest BCUT2D eigenvalue weighted by molar-refractivity contribution is 9.10. The van der Waals surface area contributed by atoms with Gasteiger partial charge in [-0.25, -0.2) is 0 Å². The van der Waals surface area contributed by atoms with E-state index < -0.39 is 0 Å². The first-order valence-electron chi connectivity index (χ1n) is 7.73. The fourth-order valence-electron chi connectivity index (χ4n) is 2.80. The van der Waals surface area contributed by atoms with Crippen molar-refractivity contribution in [2.75, 3.05) is 32.8 Å². The summed E-state index contributed by atoms with van der Waals surface area (Å²) in [4.78, 5) is 2.57. The van der Waals surface area contributed by atoms with Crippen molar-refractivity contribution < 1.29 is 4.74 Å². The van der Waals surface area contributed by atoms with Gasteiger partial charge in [-0.2, -0.15) is 0 Å². The smallest absolute Gasteiger partial charge is 0.133 e. The Hall–Kier alpha value is -0.290. The number of piperidine rings is 1. The molecule has 0 radical (unpaired) electrons. The van der Waals surface area contributed by atoms with Crippen molar-refractivity contribution in [1.29, 1.82) is 0 Å². The molecule has 0 atom stereocenters. The molecule has 0 aliphatic carbocycles. The second-order valence-corrected chi connectivity index (χ2v) is 6.73. The van der Waals surface area contributed by atoms with Gasteiger partial charge in [-0.15, -0.1) is 0 Å². The second-order valence-electron chi connectivity index (χ2n) is 5.44. The van der Waals surface area contributed by atoms with Gasteiger partial charge in [-0.05, 0) is 73.0 Å². The third-order valence-corrected chi connectivity index (χ3v) is 4.72. The maximum atomic E-state index is 5.94. The number of nitrogens with one attached hydrogen (secondary N) is 1. The fourth-order valence-corrected chi connectivity index (χ4v) is 3.60. The zero-order valence-electron chi connectivity index (χ0n) is 12.6. The van der Waals surface area contributed by atoms with E-state index in [1.807, 2.05) is 18.2 Å². The molecule has 0 amide bonds. The number of hydrogen-bond acceptors (Lipinski definition) is 3. The highest BCUT2D eigenvalue weighted by Crippen LogP contribution is 2.28. The normalized spacial score (nSPS) is 16.4. The summed E-state index contributed by atoms with van der Waals surface area (Å²) in [5.74, 6) is 0.862. The molecule has 1 heterocycles. The molecule has 21 heavy (non-hydrogen) atoms. The Kier molecular flexibility index (Phi) is 7.30. The van der Waals surface area contributed by atoms with Crippen molar-refractivity contribution in [3.05, 3.63) is 27.7 Å². The Morgan fingerprint density at radius 2 is 2.10 bits per heavy atom. The summed E-state index contributed by atoms with van der Waals surface area (Å²) in [7, 11) is 0. The predicted molar refractivity (Wildman–Crippen MR) is 92.4 cm³/mol. The summed E-state index contributed by atoms with van der Waals surface area (Å²) >= 11 is 9.43. The third-order valence-electron chi connectivity index (χ3n) is 3.87. The van der Waals surface area contributed by atoms with Crippen LogP contribution in [0.15, 0.2) is 22.7 Å². The lowest BCUT2D eigenvalue weighted by Crippen LogP contribution is -2.45. The largest absolute Gasteiger partial charge is 0.491 e. The van der Waals surface area contributed by atoms with Crippen LogP contribution in [0.5, 0.6) is 5.75 Å². The van der Waals surface area contributed by atoms with Gasteiger partial charge in [0.1, 0.15) is 12.4 Å².